The maximum Gasteiger partial charge on any atom is 0.410 e. The van der Waals surface area contributed by atoms with Crippen molar-refractivity contribution in [3.8, 4) is 0 Å². The van der Waals surface area contributed by atoms with E-state index in [-0.39, 0.29) is 6.09 Å². The number of amides is 1. The van der Waals surface area contributed by atoms with Crippen LogP contribution >= 0.6 is 27.3 Å². The molecule has 5 nitrogen and oxygen atoms in total. The highest BCUT2D eigenvalue weighted by Crippen LogP contribution is 2.39. The molecule has 0 radical (unpaired) electrons. The van der Waals surface area contributed by atoms with E-state index >= 15 is 0 Å². The molecule has 1 amide bonds. The number of hydrogen-bond donors (Lipinski definition) is 1. The molecular formula is C13H19BrN2O3S. The highest BCUT2D eigenvalue weighted by molar-refractivity contribution is 9.10. The van der Waals surface area contributed by atoms with Crippen molar-refractivity contribution in [2.24, 2.45) is 0 Å². The van der Waals surface area contributed by atoms with Crippen LogP contribution in [0.4, 0.5) is 4.79 Å². The number of carbonyl (C=O) groups excluding carboxylic acids is 1. The van der Waals surface area contributed by atoms with E-state index in [0.29, 0.717) is 30.5 Å². The summed E-state index contributed by atoms with van der Waals surface area (Å²) in [6.45, 7) is 6.50. The van der Waals surface area contributed by atoms with Gasteiger partial charge < -0.3 is 14.7 Å². The molecule has 112 valence electrons. The Kier molecular flexibility index (Phi) is 4.41. The third-order valence-electron chi connectivity index (χ3n) is 3.19. The second-order valence-corrected chi connectivity index (χ2v) is 7.58. The number of nitrogens with zero attached hydrogens (tertiary/aromatic N) is 2. The van der Waals surface area contributed by atoms with Gasteiger partial charge in [0, 0.05) is 13.1 Å². The van der Waals surface area contributed by atoms with Gasteiger partial charge in [-0.15, -0.1) is 11.3 Å². The minimum absolute atomic E-state index is 0.317. The monoisotopic (exact) mass is 362 g/mol. The van der Waals surface area contributed by atoms with Gasteiger partial charge in [-0.1, -0.05) is 0 Å². The molecule has 1 fully saturated rings. The Morgan fingerprint density at radius 1 is 1.50 bits per heavy atom. The Bertz CT molecular complexity index is 490. The summed E-state index contributed by atoms with van der Waals surface area (Å²) in [5, 5.41) is 10.7. The summed E-state index contributed by atoms with van der Waals surface area (Å²) in [4.78, 5) is 18.6. The molecule has 1 N–H and O–H groups in total. The number of rotatable bonds is 1. The predicted octanol–water partition coefficient (Wildman–Crippen LogP) is 3.12. The lowest BCUT2D eigenvalue weighted by Gasteiger charge is -2.38. The molecule has 1 aliphatic heterocycles. The van der Waals surface area contributed by atoms with Crippen molar-refractivity contribution in [1.29, 1.82) is 0 Å². The molecule has 1 saturated heterocycles. The maximum atomic E-state index is 12.0. The van der Waals surface area contributed by atoms with Gasteiger partial charge in [-0.25, -0.2) is 9.78 Å². The summed E-state index contributed by atoms with van der Waals surface area (Å²) in [7, 11) is 0. The summed E-state index contributed by atoms with van der Waals surface area (Å²) < 4.78 is 6.04. The number of carbonyl (C=O) groups is 1. The van der Waals surface area contributed by atoms with E-state index < -0.39 is 11.2 Å². The van der Waals surface area contributed by atoms with Crippen molar-refractivity contribution in [2.75, 3.05) is 13.1 Å². The Morgan fingerprint density at radius 3 is 2.55 bits per heavy atom. The van der Waals surface area contributed by atoms with Crippen LogP contribution < -0.4 is 0 Å². The van der Waals surface area contributed by atoms with E-state index in [2.05, 4.69) is 20.9 Å². The largest absolute Gasteiger partial charge is 0.444 e. The van der Waals surface area contributed by atoms with E-state index in [1.54, 1.807) is 10.4 Å². The Hall–Kier alpha value is -0.660. The molecule has 0 unspecified atom stereocenters. The molecule has 7 heteroatoms. The summed E-state index contributed by atoms with van der Waals surface area (Å²) in [5.41, 5.74) is 0.307. The molecule has 20 heavy (non-hydrogen) atoms. The van der Waals surface area contributed by atoms with Crippen LogP contribution in [-0.4, -0.2) is 39.8 Å². The van der Waals surface area contributed by atoms with E-state index in [0.717, 1.165) is 4.88 Å². The van der Waals surface area contributed by atoms with E-state index in [4.69, 9.17) is 4.74 Å². The number of piperidine rings is 1. The fraction of sp³-hybridized carbons (Fsp3) is 0.692. The van der Waals surface area contributed by atoms with Crippen molar-refractivity contribution in [3.05, 3.63) is 15.0 Å². The lowest BCUT2D eigenvalue weighted by molar-refractivity contribution is -0.0339. The number of likely N-dealkylation sites (tertiary alicyclic amines) is 1. The molecular weight excluding hydrogens is 344 g/mol. The summed E-state index contributed by atoms with van der Waals surface area (Å²) in [5.74, 6) is 0. The normalized spacial score (nSPS) is 18.9. The second-order valence-electron chi connectivity index (χ2n) is 5.97. The van der Waals surface area contributed by atoms with Crippen molar-refractivity contribution >= 4 is 33.4 Å². The molecule has 0 bridgehead atoms. The molecule has 1 aliphatic rings. The van der Waals surface area contributed by atoms with Gasteiger partial charge in [-0.3, -0.25) is 0 Å². The van der Waals surface area contributed by atoms with Crippen molar-refractivity contribution in [1.82, 2.24) is 9.88 Å². The van der Waals surface area contributed by atoms with Crippen LogP contribution in [0, 0.1) is 0 Å². The highest BCUT2D eigenvalue weighted by atomic mass is 79.9. The Morgan fingerprint density at radius 2 is 2.10 bits per heavy atom. The molecule has 0 atom stereocenters. The Balaban J connectivity index is 1.99. The van der Waals surface area contributed by atoms with Gasteiger partial charge in [0.05, 0.1) is 10.4 Å². The number of aromatic nitrogens is 1. The first-order valence-corrected chi connectivity index (χ1v) is 8.18. The van der Waals surface area contributed by atoms with Gasteiger partial charge in [0.15, 0.2) is 0 Å². The first-order chi connectivity index (χ1) is 9.21. The van der Waals surface area contributed by atoms with Crippen LogP contribution in [0.5, 0.6) is 0 Å². The smallest absolute Gasteiger partial charge is 0.410 e. The molecule has 1 aromatic heterocycles. The number of hydrogen-bond acceptors (Lipinski definition) is 5. The van der Waals surface area contributed by atoms with Crippen molar-refractivity contribution in [3.63, 3.8) is 0 Å². The fourth-order valence-corrected chi connectivity index (χ4v) is 3.87. The molecule has 2 heterocycles. The second kappa shape index (κ2) is 5.61. The number of thiazole rings is 1. The van der Waals surface area contributed by atoms with E-state index in [1.165, 1.54) is 11.3 Å². The molecule has 0 aliphatic carbocycles. The van der Waals surface area contributed by atoms with Crippen LogP contribution in [0.15, 0.2) is 10.1 Å². The molecule has 0 aromatic carbocycles. The van der Waals surface area contributed by atoms with Crippen LogP contribution in [0.3, 0.4) is 0 Å². The quantitative estimate of drug-likeness (QED) is 0.833. The topological polar surface area (TPSA) is 62.7 Å². The average molecular weight is 363 g/mol. The number of halogens is 1. The SMILES string of the molecule is CC(C)(C)OC(=O)N1CCC(O)(c2scnc2Br)CC1. The molecule has 1 aromatic rings. The predicted molar refractivity (Wildman–Crippen MR) is 80.8 cm³/mol. The van der Waals surface area contributed by atoms with Crippen LogP contribution in [0.25, 0.3) is 0 Å². The van der Waals surface area contributed by atoms with Crippen LogP contribution in [0.2, 0.25) is 0 Å². The lowest BCUT2D eigenvalue weighted by atomic mass is 9.90. The first kappa shape index (κ1) is 15.7. The standard InChI is InChI=1S/C13H19BrN2O3S/c1-12(2,3)19-11(17)16-6-4-13(18,5-7-16)9-10(14)15-8-20-9/h8,18H,4-7H2,1-3H3. The first-order valence-electron chi connectivity index (χ1n) is 6.51. The van der Waals surface area contributed by atoms with Gasteiger partial charge in [0.1, 0.15) is 15.8 Å². The third kappa shape index (κ3) is 3.51. The molecule has 0 spiro atoms. The highest BCUT2D eigenvalue weighted by Gasteiger charge is 2.39. The molecule has 0 saturated carbocycles. The third-order valence-corrected chi connectivity index (χ3v) is 5.07. The summed E-state index contributed by atoms with van der Waals surface area (Å²) in [6, 6.07) is 0. The van der Waals surface area contributed by atoms with Crippen LogP contribution in [-0.2, 0) is 10.3 Å². The van der Waals surface area contributed by atoms with Gasteiger partial charge in [-0.2, -0.15) is 0 Å². The lowest BCUT2D eigenvalue weighted by Crippen LogP contribution is -2.46. The zero-order valence-corrected chi connectivity index (χ0v) is 14.3. The van der Waals surface area contributed by atoms with Gasteiger partial charge in [-0.05, 0) is 49.5 Å². The minimum Gasteiger partial charge on any atom is -0.444 e. The number of ether oxygens (including phenoxy) is 1. The average Bonchev–Trinajstić information content (AvgIpc) is 2.74. The summed E-state index contributed by atoms with van der Waals surface area (Å²) in [6.07, 6.45) is 0.669. The van der Waals surface area contributed by atoms with E-state index in [1.807, 2.05) is 20.8 Å². The number of aliphatic hydroxyl groups is 1. The van der Waals surface area contributed by atoms with Crippen molar-refractivity contribution < 1.29 is 14.6 Å². The fourth-order valence-electron chi connectivity index (χ4n) is 2.15. The minimum atomic E-state index is -0.904. The van der Waals surface area contributed by atoms with Crippen LogP contribution in [0.1, 0.15) is 38.5 Å². The zero-order valence-electron chi connectivity index (χ0n) is 11.9. The van der Waals surface area contributed by atoms with Crippen molar-refractivity contribution in [2.45, 2.75) is 44.8 Å². The maximum absolute atomic E-state index is 12.0. The van der Waals surface area contributed by atoms with E-state index in [9.17, 15) is 9.90 Å². The van der Waals surface area contributed by atoms with Gasteiger partial charge >= 0.3 is 6.09 Å². The Labute approximate surface area is 131 Å². The zero-order chi connectivity index (χ0) is 15.0. The molecule has 2 rings (SSSR count). The summed E-state index contributed by atoms with van der Waals surface area (Å²) >= 11 is 4.79. The van der Waals surface area contributed by atoms with Gasteiger partial charge in [0.2, 0.25) is 0 Å². The van der Waals surface area contributed by atoms with Gasteiger partial charge in [0.25, 0.3) is 0 Å².